The number of halogens is 1. The zero-order valence-electron chi connectivity index (χ0n) is 27.6. The molecule has 3 atom stereocenters. The van der Waals surface area contributed by atoms with Crippen molar-refractivity contribution in [3.63, 3.8) is 0 Å². The normalized spacial score (nSPS) is 19.3. The Morgan fingerprint density at radius 3 is 2.62 bits per heavy atom. The molecule has 0 aliphatic carbocycles. The number of hydrogen-bond acceptors (Lipinski definition) is 6. The average Bonchev–Trinajstić information content (AvgIpc) is 3.63. The Morgan fingerprint density at radius 1 is 1.06 bits per heavy atom. The first-order chi connectivity index (χ1) is 22.8. The summed E-state index contributed by atoms with van der Waals surface area (Å²) in [5.74, 6) is -0.281. The SMILES string of the molecule is CCc1cccc(-c2c(Cl)cccc2C(O)(CCCNC(=O)OC)[C@@H]2CCCN(C(=O)c3ccc(CNCC4CCCO4)cc3)C2)c1. The number of methoxy groups -OCH3 is 1. The average molecular weight is 662 g/mol. The molecule has 3 aromatic rings. The van der Waals surface area contributed by atoms with E-state index >= 15 is 0 Å². The molecule has 0 radical (unpaired) electrons. The number of aryl methyl sites for hydroxylation is 1. The largest absolute Gasteiger partial charge is 0.453 e. The van der Waals surface area contributed by atoms with E-state index in [-0.39, 0.29) is 17.9 Å². The van der Waals surface area contributed by atoms with Crippen LogP contribution in [-0.2, 0) is 28.0 Å². The van der Waals surface area contributed by atoms with E-state index < -0.39 is 11.7 Å². The highest BCUT2D eigenvalue weighted by molar-refractivity contribution is 6.33. The van der Waals surface area contributed by atoms with Crippen molar-refractivity contribution in [2.75, 3.05) is 39.9 Å². The monoisotopic (exact) mass is 661 g/mol. The van der Waals surface area contributed by atoms with Crippen LogP contribution in [-0.4, -0.2) is 68.0 Å². The fraction of sp³-hybridized carbons (Fsp3) is 0.474. The number of benzene rings is 3. The summed E-state index contributed by atoms with van der Waals surface area (Å²) in [7, 11) is 1.33. The maximum absolute atomic E-state index is 13.8. The zero-order valence-corrected chi connectivity index (χ0v) is 28.4. The van der Waals surface area contributed by atoms with Crippen LogP contribution in [0.3, 0.4) is 0 Å². The van der Waals surface area contributed by atoms with Gasteiger partial charge in [-0.1, -0.05) is 67.1 Å². The number of rotatable bonds is 13. The molecule has 2 saturated heterocycles. The molecule has 2 aliphatic heterocycles. The van der Waals surface area contributed by atoms with Crippen molar-refractivity contribution < 1.29 is 24.2 Å². The Hall–Kier alpha value is -3.43. The van der Waals surface area contributed by atoms with E-state index in [2.05, 4.69) is 29.7 Å². The molecule has 2 aliphatic rings. The molecule has 0 bridgehead atoms. The molecule has 3 N–H and O–H groups in total. The standard InChI is InChI=1S/C38H48ClN3O5/c1-3-27-9-4-10-30(23-27)35-33(13-5-14-34(35)39)38(45,19-8-20-41-37(44)46-2)31-11-6-21-42(26-31)36(43)29-17-15-28(16-18-29)24-40-25-32-12-7-22-47-32/h4-5,9-10,13-18,23,31-32,40,45H,3,6-8,11-12,19-22,24-26H2,1-2H3,(H,41,44)/t31-,32?,38?/m1/s1. The Labute approximate surface area is 283 Å². The highest BCUT2D eigenvalue weighted by Crippen LogP contribution is 2.45. The van der Waals surface area contributed by atoms with Gasteiger partial charge in [-0.05, 0) is 85.4 Å². The molecule has 3 aromatic carbocycles. The van der Waals surface area contributed by atoms with Crippen LogP contribution in [0.2, 0.25) is 5.02 Å². The Bertz CT molecular complexity index is 1490. The Balaban J connectivity index is 1.36. The smallest absolute Gasteiger partial charge is 0.406 e. The lowest BCUT2D eigenvalue weighted by Crippen LogP contribution is -2.48. The summed E-state index contributed by atoms with van der Waals surface area (Å²) >= 11 is 6.90. The molecule has 2 fully saturated rings. The molecule has 0 saturated carbocycles. The van der Waals surface area contributed by atoms with Crippen molar-refractivity contribution in [1.82, 2.24) is 15.5 Å². The minimum Gasteiger partial charge on any atom is -0.453 e. The van der Waals surface area contributed by atoms with E-state index in [1.54, 1.807) is 0 Å². The van der Waals surface area contributed by atoms with Gasteiger partial charge < -0.3 is 30.1 Å². The number of likely N-dealkylation sites (tertiary alicyclic amines) is 1. The van der Waals surface area contributed by atoms with Gasteiger partial charge in [-0.3, -0.25) is 4.79 Å². The van der Waals surface area contributed by atoms with Gasteiger partial charge in [0.2, 0.25) is 0 Å². The van der Waals surface area contributed by atoms with E-state index in [1.165, 1.54) is 12.7 Å². The second-order valence-electron chi connectivity index (χ2n) is 12.7. The third-order valence-corrected chi connectivity index (χ3v) is 9.92. The molecule has 5 rings (SSSR count). The molecule has 2 heterocycles. The Kier molecular flexibility index (Phi) is 12.3. The first kappa shape index (κ1) is 34.9. The number of aliphatic hydroxyl groups is 1. The summed E-state index contributed by atoms with van der Waals surface area (Å²) in [6.45, 7) is 5.89. The van der Waals surface area contributed by atoms with E-state index in [1.807, 2.05) is 59.5 Å². The van der Waals surface area contributed by atoms with Gasteiger partial charge in [0.1, 0.15) is 0 Å². The fourth-order valence-electron chi connectivity index (χ4n) is 6.99. The van der Waals surface area contributed by atoms with Crippen molar-refractivity contribution in [3.05, 3.63) is 94.0 Å². The molecule has 2 amide bonds. The second kappa shape index (κ2) is 16.6. The van der Waals surface area contributed by atoms with Crippen LogP contribution >= 0.6 is 11.6 Å². The van der Waals surface area contributed by atoms with Crippen LogP contribution < -0.4 is 10.6 Å². The van der Waals surface area contributed by atoms with Gasteiger partial charge in [0.05, 0.1) is 18.8 Å². The van der Waals surface area contributed by atoms with E-state index in [4.69, 9.17) is 21.1 Å². The van der Waals surface area contributed by atoms with Crippen LogP contribution in [0.15, 0.2) is 66.7 Å². The van der Waals surface area contributed by atoms with Gasteiger partial charge in [0.25, 0.3) is 5.91 Å². The predicted molar refractivity (Wildman–Crippen MR) is 186 cm³/mol. The number of carbonyl (C=O) groups is 2. The first-order valence-corrected chi connectivity index (χ1v) is 17.3. The number of piperidine rings is 1. The molecule has 9 heteroatoms. The lowest BCUT2D eigenvalue weighted by Gasteiger charge is -2.44. The summed E-state index contributed by atoms with van der Waals surface area (Å²) in [6.07, 6.45) is 5.29. The van der Waals surface area contributed by atoms with Crippen LogP contribution in [0.1, 0.15) is 72.5 Å². The van der Waals surface area contributed by atoms with Crippen molar-refractivity contribution in [1.29, 1.82) is 0 Å². The quantitative estimate of drug-likeness (QED) is 0.176. The van der Waals surface area contributed by atoms with Crippen molar-refractivity contribution in [2.45, 2.75) is 70.1 Å². The number of hydrogen-bond donors (Lipinski definition) is 3. The lowest BCUT2D eigenvalue weighted by atomic mass is 9.72. The molecular formula is C38H48ClN3O5. The third kappa shape index (κ3) is 8.73. The van der Waals surface area contributed by atoms with Gasteiger partial charge in [-0.2, -0.15) is 0 Å². The minimum atomic E-state index is -1.31. The molecule has 47 heavy (non-hydrogen) atoms. The number of nitrogens with one attached hydrogen (secondary N) is 2. The second-order valence-corrected chi connectivity index (χ2v) is 13.1. The van der Waals surface area contributed by atoms with Crippen LogP contribution in [0.25, 0.3) is 11.1 Å². The first-order valence-electron chi connectivity index (χ1n) is 17.0. The van der Waals surface area contributed by atoms with Crippen LogP contribution in [0.4, 0.5) is 4.79 Å². The molecule has 0 aromatic heterocycles. The maximum Gasteiger partial charge on any atom is 0.406 e. The van der Waals surface area contributed by atoms with Gasteiger partial charge in [-0.15, -0.1) is 0 Å². The summed E-state index contributed by atoms with van der Waals surface area (Å²) < 4.78 is 10.4. The van der Waals surface area contributed by atoms with Crippen LogP contribution in [0, 0.1) is 5.92 Å². The van der Waals surface area contributed by atoms with Crippen LogP contribution in [0.5, 0.6) is 0 Å². The molecule has 8 nitrogen and oxygen atoms in total. The fourth-order valence-corrected chi connectivity index (χ4v) is 7.27. The molecule has 252 valence electrons. The highest BCUT2D eigenvalue weighted by Gasteiger charge is 2.43. The number of nitrogens with zero attached hydrogens (tertiary/aromatic N) is 1. The van der Waals surface area contributed by atoms with E-state index in [9.17, 15) is 14.7 Å². The van der Waals surface area contributed by atoms with E-state index in [0.717, 1.165) is 74.1 Å². The summed E-state index contributed by atoms with van der Waals surface area (Å²) in [4.78, 5) is 27.5. The maximum atomic E-state index is 13.8. The van der Waals surface area contributed by atoms with Crippen molar-refractivity contribution in [2.24, 2.45) is 5.92 Å². The molecule has 2 unspecified atom stereocenters. The summed E-state index contributed by atoms with van der Waals surface area (Å²) in [5.41, 5.74) is 4.13. The highest BCUT2D eigenvalue weighted by atomic mass is 35.5. The summed E-state index contributed by atoms with van der Waals surface area (Å²) in [6, 6.07) is 21.8. The number of carbonyl (C=O) groups excluding carboxylic acids is 2. The zero-order chi connectivity index (χ0) is 33.2. The summed E-state index contributed by atoms with van der Waals surface area (Å²) in [5, 5.41) is 19.6. The Morgan fingerprint density at radius 2 is 1.87 bits per heavy atom. The number of amides is 2. The van der Waals surface area contributed by atoms with Gasteiger partial charge >= 0.3 is 6.09 Å². The minimum absolute atomic E-state index is 0.0368. The van der Waals surface area contributed by atoms with Crippen molar-refractivity contribution >= 4 is 23.6 Å². The number of ether oxygens (including phenoxy) is 2. The van der Waals surface area contributed by atoms with Crippen molar-refractivity contribution in [3.8, 4) is 11.1 Å². The van der Waals surface area contributed by atoms with Gasteiger partial charge in [0.15, 0.2) is 0 Å². The van der Waals surface area contributed by atoms with Gasteiger partial charge in [-0.25, -0.2) is 4.79 Å². The molecular weight excluding hydrogens is 614 g/mol. The third-order valence-electron chi connectivity index (χ3n) is 9.60. The van der Waals surface area contributed by atoms with Gasteiger partial charge in [0, 0.05) is 61.4 Å². The van der Waals surface area contributed by atoms with E-state index in [0.29, 0.717) is 43.1 Å². The lowest BCUT2D eigenvalue weighted by molar-refractivity contribution is -0.0563. The predicted octanol–water partition coefficient (Wildman–Crippen LogP) is 6.71. The topological polar surface area (TPSA) is 100 Å². The number of alkyl carbamates (subject to hydrolysis) is 1. The molecule has 0 spiro atoms.